The van der Waals surface area contributed by atoms with Gasteiger partial charge in [0.15, 0.2) is 5.16 Å². The molecular formula is C13H22N4OS. The minimum absolute atomic E-state index is 0.452. The van der Waals surface area contributed by atoms with Crippen LogP contribution in [-0.2, 0) is 4.74 Å². The van der Waals surface area contributed by atoms with Crippen LogP contribution in [0.1, 0.15) is 32.1 Å². The number of nitrogens with one attached hydrogen (secondary N) is 1. The first-order valence-electron chi connectivity index (χ1n) is 6.82. The van der Waals surface area contributed by atoms with Crippen molar-refractivity contribution in [2.75, 3.05) is 30.5 Å². The molecule has 2 rings (SSSR count). The van der Waals surface area contributed by atoms with E-state index in [0.717, 1.165) is 12.4 Å². The van der Waals surface area contributed by atoms with Crippen molar-refractivity contribution < 1.29 is 4.74 Å². The molecular weight excluding hydrogens is 260 g/mol. The standard InChI is InChI=1S/C13H22N4OS/c1-19-13-16-11(14)9-12(17-13)15-7-8-18-10-5-3-2-4-6-10/h9-10H,2-8H2,1H3,(H3,14,15,16,17). The van der Waals surface area contributed by atoms with E-state index in [2.05, 4.69) is 15.3 Å². The van der Waals surface area contributed by atoms with Gasteiger partial charge in [-0.3, -0.25) is 0 Å². The molecule has 1 heterocycles. The Morgan fingerprint density at radius 1 is 1.37 bits per heavy atom. The second kappa shape index (κ2) is 7.55. The summed E-state index contributed by atoms with van der Waals surface area (Å²) in [6, 6.07) is 1.75. The van der Waals surface area contributed by atoms with E-state index in [0.29, 0.717) is 23.7 Å². The molecule has 1 aromatic rings. The summed E-state index contributed by atoms with van der Waals surface area (Å²) in [6.45, 7) is 1.46. The zero-order valence-corrected chi connectivity index (χ0v) is 12.2. The Morgan fingerprint density at radius 2 is 2.16 bits per heavy atom. The second-order valence-corrected chi connectivity index (χ2v) is 5.50. The second-order valence-electron chi connectivity index (χ2n) is 4.72. The van der Waals surface area contributed by atoms with Crippen LogP contribution in [0.3, 0.4) is 0 Å². The highest BCUT2D eigenvalue weighted by Gasteiger charge is 2.13. The lowest BCUT2D eigenvalue weighted by Gasteiger charge is -2.22. The van der Waals surface area contributed by atoms with Gasteiger partial charge in [0.1, 0.15) is 11.6 Å². The maximum atomic E-state index is 5.85. The van der Waals surface area contributed by atoms with Crippen LogP contribution >= 0.6 is 11.8 Å². The van der Waals surface area contributed by atoms with E-state index in [9.17, 15) is 0 Å². The van der Waals surface area contributed by atoms with Gasteiger partial charge in [0.2, 0.25) is 0 Å². The SMILES string of the molecule is CSc1nc(N)cc(NCCOC2CCCCC2)n1. The number of thioether (sulfide) groups is 1. The maximum Gasteiger partial charge on any atom is 0.191 e. The predicted molar refractivity (Wildman–Crippen MR) is 79.5 cm³/mol. The molecule has 6 heteroatoms. The average Bonchev–Trinajstić information content (AvgIpc) is 2.44. The molecule has 106 valence electrons. The summed E-state index contributed by atoms with van der Waals surface area (Å²) in [7, 11) is 0. The Kier molecular flexibility index (Phi) is 5.72. The molecule has 0 aromatic carbocycles. The van der Waals surface area contributed by atoms with E-state index in [1.54, 1.807) is 6.07 Å². The topological polar surface area (TPSA) is 73.1 Å². The summed E-state index contributed by atoms with van der Waals surface area (Å²) in [6.07, 6.45) is 8.76. The summed E-state index contributed by atoms with van der Waals surface area (Å²) in [4.78, 5) is 8.45. The number of ether oxygens (including phenoxy) is 1. The minimum atomic E-state index is 0.452. The molecule has 0 atom stereocenters. The molecule has 0 bridgehead atoms. The van der Waals surface area contributed by atoms with Crippen molar-refractivity contribution in [3.63, 3.8) is 0 Å². The van der Waals surface area contributed by atoms with Crippen LogP contribution in [0.15, 0.2) is 11.2 Å². The van der Waals surface area contributed by atoms with Gasteiger partial charge in [-0.15, -0.1) is 0 Å². The van der Waals surface area contributed by atoms with Crippen molar-refractivity contribution in [3.05, 3.63) is 6.07 Å². The van der Waals surface area contributed by atoms with Gasteiger partial charge in [-0.2, -0.15) is 0 Å². The first-order valence-corrected chi connectivity index (χ1v) is 8.04. The number of anilines is 2. The van der Waals surface area contributed by atoms with E-state index >= 15 is 0 Å². The lowest BCUT2D eigenvalue weighted by molar-refractivity contribution is 0.0347. The Balaban J connectivity index is 1.71. The molecule has 1 aromatic heterocycles. The molecule has 0 unspecified atom stereocenters. The Labute approximate surface area is 118 Å². The monoisotopic (exact) mass is 282 g/mol. The highest BCUT2D eigenvalue weighted by atomic mass is 32.2. The third-order valence-electron chi connectivity index (χ3n) is 3.22. The minimum Gasteiger partial charge on any atom is -0.383 e. The molecule has 0 aliphatic heterocycles. The van der Waals surface area contributed by atoms with Crippen LogP contribution in [-0.4, -0.2) is 35.5 Å². The fraction of sp³-hybridized carbons (Fsp3) is 0.692. The lowest BCUT2D eigenvalue weighted by Crippen LogP contribution is -2.20. The third-order valence-corrected chi connectivity index (χ3v) is 3.77. The van der Waals surface area contributed by atoms with Crippen molar-refractivity contribution in [1.82, 2.24) is 9.97 Å². The van der Waals surface area contributed by atoms with Crippen molar-refractivity contribution in [2.45, 2.75) is 43.4 Å². The number of rotatable bonds is 6. The van der Waals surface area contributed by atoms with Crippen LogP contribution in [0.4, 0.5) is 11.6 Å². The maximum absolute atomic E-state index is 5.85. The molecule has 0 amide bonds. The quantitative estimate of drug-likeness (QED) is 0.474. The number of nitrogen functional groups attached to an aromatic ring is 1. The fourth-order valence-electron chi connectivity index (χ4n) is 2.26. The molecule has 19 heavy (non-hydrogen) atoms. The van der Waals surface area contributed by atoms with Crippen molar-refractivity contribution in [2.24, 2.45) is 0 Å². The molecule has 0 spiro atoms. The molecule has 0 saturated heterocycles. The van der Waals surface area contributed by atoms with Gasteiger partial charge in [-0.05, 0) is 19.1 Å². The Hall–Kier alpha value is -1.01. The summed E-state index contributed by atoms with van der Waals surface area (Å²) in [5.41, 5.74) is 5.72. The molecule has 1 saturated carbocycles. The van der Waals surface area contributed by atoms with Gasteiger partial charge < -0.3 is 15.8 Å². The van der Waals surface area contributed by atoms with Crippen LogP contribution in [0.5, 0.6) is 0 Å². The van der Waals surface area contributed by atoms with Crippen LogP contribution < -0.4 is 11.1 Å². The Bertz CT molecular complexity index is 396. The first-order chi connectivity index (χ1) is 9.28. The summed E-state index contributed by atoms with van der Waals surface area (Å²) in [5.74, 6) is 1.26. The molecule has 5 nitrogen and oxygen atoms in total. The summed E-state index contributed by atoms with van der Waals surface area (Å²) < 4.78 is 5.85. The van der Waals surface area contributed by atoms with E-state index in [1.165, 1.54) is 43.9 Å². The molecule has 1 aliphatic carbocycles. The first kappa shape index (κ1) is 14.4. The van der Waals surface area contributed by atoms with E-state index in [1.807, 2.05) is 6.26 Å². The number of nitrogens with two attached hydrogens (primary N) is 1. The normalized spacial score (nSPS) is 16.5. The molecule has 3 N–H and O–H groups in total. The molecule has 1 aliphatic rings. The number of hydrogen-bond acceptors (Lipinski definition) is 6. The van der Waals surface area contributed by atoms with Crippen LogP contribution in [0, 0.1) is 0 Å². The number of hydrogen-bond donors (Lipinski definition) is 2. The number of nitrogens with zero attached hydrogens (tertiary/aromatic N) is 2. The number of aromatic nitrogens is 2. The molecule has 1 fully saturated rings. The van der Waals surface area contributed by atoms with Crippen molar-refractivity contribution in [1.29, 1.82) is 0 Å². The van der Waals surface area contributed by atoms with Gasteiger partial charge in [-0.25, -0.2) is 9.97 Å². The third kappa shape index (κ3) is 4.87. The van der Waals surface area contributed by atoms with E-state index in [-0.39, 0.29) is 0 Å². The zero-order valence-electron chi connectivity index (χ0n) is 11.4. The van der Waals surface area contributed by atoms with Gasteiger partial charge in [-0.1, -0.05) is 31.0 Å². The lowest BCUT2D eigenvalue weighted by atomic mass is 9.98. The van der Waals surface area contributed by atoms with E-state index < -0.39 is 0 Å². The van der Waals surface area contributed by atoms with Gasteiger partial charge in [0.05, 0.1) is 12.7 Å². The highest BCUT2D eigenvalue weighted by molar-refractivity contribution is 7.98. The van der Waals surface area contributed by atoms with Gasteiger partial charge in [0, 0.05) is 12.6 Å². The van der Waals surface area contributed by atoms with Crippen molar-refractivity contribution in [3.8, 4) is 0 Å². The predicted octanol–water partition coefficient (Wildman–Crippen LogP) is 2.54. The largest absolute Gasteiger partial charge is 0.383 e. The smallest absolute Gasteiger partial charge is 0.191 e. The fourth-order valence-corrected chi connectivity index (χ4v) is 2.65. The van der Waals surface area contributed by atoms with Crippen LogP contribution in [0.25, 0.3) is 0 Å². The van der Waals surface area contributed by atoms with E-state index in [4.69, 9.17) is 10.5 Å². The average molecular weight is 282 g/mol. The van der Waals surface area contributed by atoms with Gasteiger partial charge >= 0.3 is 0 Å². The summed E-state index contributed by atoms with van der Waals surface area (Å²) >= 11 is 1.49. The van der Waals surface area contributed by atoms with Crippen molar-refractivity contribution >= 4 is 23.4 Å². The summed E-state index contributed by atoms with van der Waals surface area (Å²) in [5, 5.41) is 3.92. The highest BCUT2D eigenvalue weighted by Crippen LogP contribution is 2.20. The van der Waals surface area contributed by atoms with Crippen LogP contribution in [0.2, 0.25) is 0 Å². The molecule has 0 radical (unpaired) electrons. The van der Waals surface area contributed by atoms with Gasteiger partial charge in [0.25, 0.3) is 0 Å². The Morgan fingerprint density at radius 3 is 2.89 bits per heavy atom. The zero-order chi connectivity index (χ0) is 13.5.